The van der Waals surface area contributed by atoms with Gasteiger partial charge in [-0.05, 0) is 31.0 Å². The number of hydrogen-bond donors (Lipinski definition) is 2. The van der Waals surface area contributed by atoms with Crippen LogP contribution < -0.4 is 5.32 Å². The lowest BCUT2D eigenvalue weighted by atomic mass is 10.1. The molecule has 1 amide bonds. The van der Waals surface area contributed by atoms with E-state index in [1.807, 2.05) is 0 Å². The van der Waals surface area contributed by atoms with Gasteiger partial charge in [0.2, 0.25) is 5.91 Å². The molecule has 0 heterocycles. The Hall–Kier alpha value is -1.55. The third kappa shape index (κ3) is 2.82. The van der Waals surface area contributed by atoms with E-state index in [0.29, 0.717) is 5.69 Å². The summed E-state index contributed by atoms with van der Waals surface area (Å²) in [5.41, 5.74) is 0.481. The van der Waals surface area contributed by atoms with Crippen molar-refractivity contribution in [2.45, 2.75) is 25.7 Å². The van der Waals surface area contributed by atoms with Crippen molar-refractivity contribution in [1.82, 2.24) is 0 Å². The highest BCUT2D eigenvalue weighted by atomic mass is 35.5. The van der Waals surface area contributed by atoms with Gasteiger partial charge in [-0.25, -0.2) is 4.79 Å². The topological polar surface area (TPSA) is 66.4 Å². The summed E-state index contributed by atoms with van der Waals surface area (Å²) < 4.78 is 0. The van der Waals surface area contributed by atoms with Gasteiger partial charge in [0.15, 0.2) is 0 Å². The molecule has 1 fully saturated rings. The number of rotatable bonds is 3. The van der Waals surface area contributed by atoms with Gasteiger partial charge in [0.05, 0.1) is 10.6 Å². The van der Waals surface area contributed by atoms with E-state index in [1.54, 1.807) is 6.07 Å². The SMILES string of the molecule is O=C(O)c1cc(NC(=O)C2CCCC2)ccc1Cl. The number of carboxylic acid groups (broad SMARTS) is 1. The number of hydrogen-bond acceptors (Lipinski definition) is 2. The second-order valence-electron chi connectivity index (χ2n) is 4.47. The van der Waals surface area contributed by atoms with Gasteiger partial charge in [-0.3, -0.25) is 4.79 Å². The summed E-state index contributed by atoms with van der Waals surface area (Å²) in [5.74, 6) is -1.09. The zero-order valence-corrected chi connectivity index (χ0v) is 10.5. The van der Waals surface area contributed by atoms with Crippen LogP contribution >= 0.6 is 11.6 Å². The molecular weight excluding hydrogens is 254 g/mol. The summed E-state index contributed by atoms with van der Waals surface area (Å²) in [6, 6.07) is 4.48. The molecular formula is C13H14ClNO3. The highest BCUT2D eigenvalue weighted by molar-refractivity contribution is 6.33. The molecule has 1 aromatic rings. The molecule has 1 saturated carbocycles. The van der Waals surface area contributed by atoms with E-state index >= 15 is 0 Å². The van der Waals surface area contributed by atoms with E-state index in [2.05, 4.69) is 5.32 Å². The van der Waals surface area contributed by atoms with Crippen LogP contribution in [-0.2, 0) is 4.79 Å². The van der Waals surface area contributed by atoms with Crippen LogP contribution in [-0.4, -0.2) is 17.0 Å². The summed E-state index contributed by atoms with van der Waals surface area (Å²) in [7, 11) is 0. The number of aromatic carboxylic acids is 1. The minimum atomic E-state index is -1.10. The Morgan fingerprint density at radius 3 is 2.56 bits per heavy atom. The second-order valence-corrected chi connectivity index (χ2v) is 4.88. The monoisotopic (exact) mass is 267 g/mol. The summed E-state index contributed by atoms with van der Waals surface area (Å²) in [6.45, 7) is 0. The number of carbonyl (C=O) groups excluding carboxylic acids is 1. The van der Waals surface area contributed by atoms with Gasteiger partial charge in [-0.2, -0.15) is 0 Å². The quantitative estimate of drug-likeness (QED) is 0.884. The first-order valence-corrected chi connectivity index (χ1v) is 6.29. The van der Waals surface area contributed by atoms with Crippen molar-refractivity contribution in [1.29, 1.82) is 0 Å². The molecule has 1 aliphatic carbocycles. The van der Waals surface area contributed by atoms with Crippen LogP contribution in [0.15, 0.2) is 18.2 Å². The first-order chi connectivity index (χ1) is 8.58. The van der Waals surface area contributed by atoms with Crippen LogP contribution in [0.3, 0.4) is 0 Å². The van der Waals surface area contributed by atoms with Crippen molar-refractivity contribution in [3.8, 4) is 0 Å². The van der Waals surface area contributed by atoms with Crippen LogP contribution in [0.5, 0.6) is 0 Å². The lowest BCUT2D eigenvalue weighted by molar-refractivity contribution is -0.119. The first kappa shape index (κ1) is 12.9. The summed E-state index contributed by atoms with van der Waals surface area (Å²) in [4.78, 5) is 22.8. The number of nitrogens with one attached hydrogen (secondary N) is 1. The zero-order valence-electron chi connectivity index (χ0n) is 9.78. The van der Waals surface area contributed by atoms with Gasteiger partial charge in [0.1, 0.15) is 0 Å². The fraction of sp³-hybridized carbons (Fsp3) is 0.385. The molecule has 96 valence electrons. The average Bonchev–Trinajstić information content (AvgIpc) is 2.85. The van der Waals surface area contributed by atoms with Gasteiger partial charge in [-0.15, -0.1) is 0 Å². The molecule has 0 radical (unpaired) electrons. The third-order valence-corrected chi connectivity index (χ3v) is 3.52. The van der Waals surface area contributed by atoms with Crippen molar-refractivity contribution in [2.75, 3.05) is 5.32 Å². The van der Waals surface area contributed by atoms with Crippen LogP contribution in [0.25, 0.3) is 0 Å². The summed E-state index contributed by atoms with van der Waals surface area (Å²) in [6.07, 6.45) is 3.98. The standard InChI is InChI=1S/C13H14ClNO3/c14-11-6-5-9(7-10(11)13(17)18)15-12(16)8-3-1-2-4-8/h5-8H,1-4H2,(H,15,16)(H,17,18). The number of carbonyl (C=O) groups is 2. The zero-order chi connectivity index (χ0) is 13.1. The molecule has 1 aromatic carbocycles. The van der Waals surface area contributed by atoms with E-state index in [-0.39, 0.29) is 22.4 Å². The van der Waals surface area contributed by atoms with Gasteiger partial charge in [0, 0.05) is 11.6 Å². The maximum absolute atomic E-state index is 11.9. The molecule has 2 rings (SSSR count). The normalized spacial score (nSPS) is 15.6. The molecule has 4 nitrogen and oxygen atoms in total. The highest BCUT2D eigenvalue weighted by Gasteiger charge is 2.22. The Bertz CT molecular complexity index is 481. The van der Waals surface area contributed by atoms with Gasteiger partial charge in [0.25, 0.3) is 0 Å². The van der Waals surface area contributed by atoms with Crippen molar-refractivity contribution >= 4 is 29.2 Å². The van der Waals surface area contributed by atoms with E-state index in [9.17, 15) is 9.59 Å². The predicted octanol–water partition coefficient (Wildman–Crippen LogP) is 3.17. The fourth-order valence-corrected chi connectivity index (χ4v) is 2.40. The van der Waals surface area contributed by atoms with Crippen molar-refractivity contribution in [3.63, 3.8) is 0 Å². The lowest BCUT2D eigenvalue weighted by Gasteiger charge is -2.11. The van der Waals surface area contributed by atoms with Crippen LogP contribution in [0.1, 0.15) is 36.0 Å². The molecule has 0 atom stereocenters. The smallest absolute Gasteiger partial charge is 0.337 e. The van der Waals surface area contributed by atoms with Crippen LogP contribution in [0.2, 0.25) is 5.02 Å². The van der Waals surface area contributed by atoms with E-state index in [4.69, 9.17) is 16.7 Å². The molecule has 0 aliphatic heterocycles. The number of benzene rings is 1. The van der Waals surface area contributed by atoms with E-state index < -0.39 is 5.97 Å². The van der Waals surface area contributed by atoms with E-state index in [0.717, 1.165) is 25.7 Å². The molecule has 0 saturated heterocycles. The minimum Gasteiger partial charge on any atom is -0.478 e. The highest BCUT2D eigenvalue weighted by Crippen LogP contribution is 2.27. The maximum Gasteiger partial charge on any atom is 0.337 e. The molecule has 0 unspecified atom stereocenters. The molecule has 18 heavy (non-hydrogen) atoms. The van der Waals surface area contributed by atoms with E-state index in [1.165, 1.54) is 12.1 Å². The lowest BCUT2D eigenvalue weighted by Crippen LogP contribution is -2.20. The maximum atomic E-state index is 11.9. The number of anilines is 1. The Balaban J connectivity index is 2.11. The molecule has 1 aliphatic rings. The van der Waals surface area contributed by atoms with Crippen molar-refractivity contribution in [2.24, 2.45) is 5.92 Å². The fourth-order valence-electron chi connectivity index (χ4n) is 2.20. The summed E-state index contributed by atoms with van der Waals surface area (Å²) >= 11 is 5.76. The number of halogens is 1. The molecule has 0 aromatic heterocycles. The molecule has 0 bridgehead atoms. The molecule has 5 heteroatoms. The first-order valence-electron chi connectivity index (χ1n) is 5.91. The number of amides is 1. The third-order valence-electron chi connectivity index (χ3n) is 3.19. The van der Waals surface area contributed by atoms with Crippen molar-refractivity contribution < 1.29 is 14.7 Å². The Labute approximate surface area is 110 Å². The molecule has 2 N–H and O–H groups in total. The second kappa shape index (κ2) is 5.40. The summed E-state index contributed by atoms with van der Waals surface area (Å²) in [5, 5.41) is 11.9. The van der Waals surface area contributed by atoms with Gasteiger partial charge >= 0.3 is 5.97 Å². The van der Waals surface area contributed by atoms with Gasteiger partial charge < -0.3 is 10.4 Å². The predicted molar refractivity (Wildman–Crippen MR) is 69.0 cm³/mol. The molecule has 0 spiro atoms. The Kier molecular flexibility index (Phi) is 3.87. The van der Waals surface area contributed by atoms with Gasteiger partial charge in [-0.1, -0.05) is 24.4 Å². The largest absolute Gasteiger partial charge is 0.478 e. The van der Waals surface area contributed by atoms with Crippen molar-refractivity contribution in [3.05, 3.63) is 28.8 Å². The minimum absolute atomic E-state index is 0.000823. The number of carboxylic acids is 1. The Morgan fingerprint density at radius 2 is 1.94 bits per heavy atom. The average molecular weight is 268 g/mol. The Morgan fingerprint density at radius 1 is 1.28 bits per heavy atom. The van der Waals surface area contributed by atoms with Crippen LogP contribution in [0, 0.1) is 5.92 Å². The van der Waals surface area contributed by atoms with Crippen LogP contribution in [0.4, 0.5) is 5.69 Å².